The summed E-state index contributed by atoms with van der Waals surface area (Å²) in [4.78, 5) is 24.4. The van der Waals surface area contributed by atoms with Crippen molar-refractivity contribution in [2.24, 2.45) is 29.6 Å². The molecule has 7 atom stereocenters. The first-order valence-electron chi connectivity index (χ1n) is 10.2. The lowest BCUT2D eigenvalue weighted by Crippen LogP contribution is -2.50. The number of ether oxygens (including phenoxy) is 2. The summed E-state index contributed by atoms with van der Waals surface area (Å²) in [6, 6.07) is 0. The Morgan fingerprint density at radius 1 is 1.35 bits per heavy atom. The highest BCUT2D eigenvalue weighted by atomic mass is 16.6. The maximum absolute atomic E-state index is 12.6. The normalized spacial score (nSPS) is 43.5. The lowest BCUT2D eigenvalue weighted by molar-refractivity contribution is -0.179. The fourth-order valence-corrected chi connectivity index (χ4v) is 5.75. The summed E-state index contributed by atoms with van der Waals surface area (Å²) in [5, 5.41) is 0. The monoisotopic (exact) mass is 362 g/mol. The van der Waals surface area contributed by atoms with Crippen molar-refractivity contribution in [3.05, 3.63) is 12.2 Å². The largest absolute Gasteiger partial charge is 0.457 e. The van der Waals surface area contributed by atoms with Crippen molar-refractivity contribution in [3.8, 4) is 0 Å². The Bertz CT molecular complexity index is 595. The molecule has 1 saturated carbocycles. The fraction of sp³-hybridized carbons (Fsp3) is 0.818. The van der Waals surface area contributed by atoms with E-state index in [1.807, 2.05) is 13.8 Å². The van der Waals surface area contributed by atoms with Crippen LogP contribution in [0.5, 0.6) is 0 Å². The Morgan fingerprint density at radius 2 is 2.04 bits per heavy atom. The maximum Gasteiger partial charge on any atom is 0.303 e. The summed E-state index contributed by atoms with van der Waals surface area (Å²) in [7, 11) is 0. The van der Waals surface area contributed by atoms with Crippen molar-refractivity contribution in [3.63, 3.8) is 0 Å². The van der Waals surface area contributed by atoms with Crippen molar-refractivity contribution in [2.45, 2.75) is 84.5 Å². The van der Waals surface area contributed by atoms with Gasteiger partial charge in [-0.1, -0.05) is 32.9 Å². The Morgan fingerprint density at radius 3 is 2.65 bits per heavy atom. The van der Waals surface area contributed by atoms with E-state index in [0.29, 0.717) is 30.6 Å². The number of Topliss-reactive ketones (excluding diaryl/α,β-unsaturated/α-hetero) is 1. The van der Waals surface area contributed by atoms with E-state index in [1.165, 1.54) is 12.5 Å². The van der Waals surface area contributed by atoms with Gasteiger partial charge < -0.3 is 9.47 Å². The molecule has 3 aliphatic rings. The average Bonchev–Trinajstić information content (AvgIpc) is 2.93. The summed E-state index contributed by atoms with van der Waals surface area (Å²) in [6.07, 6.45) is 3.72. The van der Waals surface area contributed by atoms with E-state index in [9.17, 15) is 9.59 Å². The van der Waals surface area contributed by atoms with Gasteiger partial charge >= 0.3 is 5.97 Å². The number of fused-ring (bicyclic) bond motifs is 5. The molecule has 0 aromatic rings. The zero-order valence-corrected chi connectivity index (χ0v) is 16.9. The van der Waals surface area contributed by atoms with E-state index in [4.69, 9.17) is 9.47 Å². The molecule has 146 valence electrons. The van der Waals surface area contributed by atoms with Gasteiger partial charge in [-0.15, -0.1) is 0 Å². The molecule has 1 aliphatic carbocycles. The van der Waals surface area contributed by atoms with Crippen LogP contribution in [0.1, 0.15) is 66.7 Å². The Labute approximate surface area is 157 Å². The van der Waals surface area contributed by atoms with Crippen LogP contribution in [0.2, 0.25) is 0 Å². The third-order valence-corrected chi connectivity index (χ3v) is 7.09. The van der Waals surface area contributed by atoms with Gasteiger partial charge in [0.2, 0.25) is 0 Å². The van der Waals surface area contributed by atoms with Crippen LogP contribution < -0.4 is 0 Å². The highest BCUT2D eigenvalue weighted by molar-refractivity contribution is 5.81. The van der Waals surface area contributed by atoms with Gasteiger partial charge in [0.15, 0.2) is 0 Å². The quantitative estimate of drug-likeness (QED) is 0.542. The minimum Gasteiger partial charge on any atom is -0.457 e. The smallest absolute Gasteiger partial charge is 0.303 e. The highest BCUT2D eigenvalue weighted by Crippen LogP contribution is 2.55. The van der Waals surface area contributed by atoms with Crippen molar-refractivity contribution in [1.29, 1.82) is 0 Å². The molecule has 0 aromatic heterocycles. The Balaban J connectivity index is 2.05. The van der Waals surface area contributed by atoms with E-state index in [2.05, 4.69) is 20.4 Å². The first kappa shape index (κ1) is 19.6. The Hall–Kier alpha value is -1.16. The molecule has 4 heteroatoms. The SMILES string of the molecule is C=C1CC[C@H](C(C)C)[C@@H]2[C@H]1[C@H]1C[C@@H](C)C(=O)CCC(C)(OC(C)=O)[C@@H]2O1. The number of ketones is 1. The van der Waals surface area contributed by atoms with E-state index >= 15 is 0 Å². The third kappa shape index (κ3) is 3.37. The fourth-order valence-electron chi connectivity index (χ4n) is 5.75. The molecular formula is C22H34O4. The summed E-state index contributed by atoms with van der Waals surface area (Å²) >= 11 is 0. The molecule has 4 nitrogen and oxygen atoms in total. The van der Waals surface area contributed by atoms with Gasteiger partial charge in [-0.3, -0.25) is 9.59 Å². The van der Waals surface area contributed by atoms with Crippen molar-refractivity contribution in [1.82, 2.24) is 0 Å². The summed E-state index contributed by atoms with van der Waals surface area (Å²) in [5.41, 5.74) is 0.498. The van der Waals surface area contributed by atoms with Crippen LogP contribution in [-0.4, -0.2) is 29.6 Å². The predicted octanol–water partition coefficient (Wildman–Crippen LogP) is 4.32. The van der Waals surface area contributed by atoms with Crippen LogP contribution in [0.4, 0.5) is 0 Å². The van der Waals surface area contributed by atoms with Gasteiger partial charge in [-0.2, -0.15) is 0 Å². The molecule has 0 spiro atoms. The maximum atomic E-state index is 12.6. The van der Waals surface area contributed by atoms with Crippen molar-refractivity contribution >= 4 is 11.8 Å². The van der Waals surface area contributed by atoms with Crippen LogP contribution in [0, 0.1) is 29.6 Å². The molecule has 0 aromatic carbocycles. The molecule has 0 N–H and O–H groups in total. The summed E-state index contributed by atoms with van der Waals surface area (Å²) < 4.78 is 12.5. The molecule has 2 aliphatic heterocycles. The molecule has 1 unspecified atom stereocenters. The Kier molecular flexibility index (Phi) is 5.35. The zero-order valence-electron chi connectivity index (χ0n) is 16.9. The van der Waals surface area contributed by atoms with Crippen LogP contribution in [-0.2, 0) is 19.1 Å². The zero-order chi connectivity index (χ0) is 19.2. The van der Waals surface area contributed by atoms with E-state index in [-0.39, 0.29) is 35.8 Å². The number of hydrogen-bond donors (Lipinski definition) is 0. The van der Waals surface area contributed by atoms with Gasteiger partial charge in [0.1, 0.15) is 17.5 Å². The summed E-state index contributed by atoms with van der Waals surface area (Å²) in [6.45, 7) is 14.4. The predicted molar refractivity (Wildman–Crippen MR) is 101 cm³/mol. The van der Waals surface area contributed by atoms with E-state index in [1.54, 1.807) is 0 Å². The van der Waals surface area contributed by atoms with Crippen LogP contribution in [0.15, 0.2) is 12.2 Å². The van der Waals surface area contributed by atoms with Crippen molar-refractivity contribution in [2.75, 3.05) is 0 Å². The lowest BCUT2D eigenvalue weighted by Gasteiger charge is -2.45. The molecule has 0 radical (unpaired) electrons. The summed E-state index contributed by atoms with van der Waals surface area (Å²) in [5.74, 6) is 1.58. The van der Waals surface area contributed by atoms with Crippen LogP contribution >= 0.6 is 0 Å². The number of carbonyl (C=O) groups is 2. The minimum absolute atomic E-state index is 0.00554. The third-order valence-electron chi connectivity index (χ3n) is 7.09. The number of carbonyl (C=O) groups excluding carboxylic acids is 2. The van der Waals surface area contributed by atoms with Gasteiger partial charge in [0.25, 0.3) is 0 Å². The standard InChI is InChI=1S/C22H34O4/c1-12(2)16-8-7-13(3)19-18-11-14(4)17(24)9-10-22(6,26-15(5)23)21(25-18)20(16)19/h12,14,16,18-21H,3,7-11H2,1-2,4-6H3/t14-,16-,18-,19-,20-,21-,22?/m1/s1. The molecule has 2 heterocycles. The molecule has 2 saturated heterocycles. The minimum atomic E-state index is -0.756. The molecule has 3 rings (SSSR count). The topological polar surface area (TPSA) is 52.6 Å². The first-order chi connectivity index (χ1) is 12.1. The number of esters is 1. The van der Waals surface area contributed by atoms with Gasteiger partial charge in [-0.05, 0) is 44.4 Å². The number of rotatable bonds is 2. The first-order valence-corrected chi connectivity index (χ1v) is 10.2. The van der Waals surface area contributed by atoms with Gasteiger partial charge in [0, 0.05) is 31.1 Å². The average molecular weight is 363 g/mol. The lowest BCUT2D eigenvalue weighted by atomic mass is 9.61. The molecule has 3 fully saturated rings. The second-order valence-corrected chi connectivity index (χ2v) is 9.31. The van der Waals surface area contributed by atoms with E-state index in [0.717, 1.165) is 19.3 Å². The van der Waals surface area contributed by atoms with Gasteiger partial charge in [-0.25, -0.2) is 0 Å². The molecule has 26 heavy (non-hydrogen) atoms. The van der Waals surface area contributed by atoms with Gasteiger partial charge in [0.05, 0.1) is 6.10 Å². The van der Waals surface area contributed by atoms with E-state index < -0.39 is 5.60 Å². The second-order valence-electron chi connectivity index (χ2n) is 9.31. The van der Waals surface area contributed by atoms with Crippen LogP contribution in [0.3, 0.4) is 0 Å². The molecular weight excluding hydrogens is 328 g/mol. The molecule has 0 amide bonds. The van der Waals surface area contributed by atoms with Crippen molar-refractivity contribution < 1.29 is 19.1 Å². The number of hydrogen-bond acceptors (Lipinski definition) is 4. The van der Waals surface area contributed by atoms with Crippen LogP contribution in [0.25, 0.3) is 0 Å². The second kappa shape index (κ2) is 7.10. The highest BCUT2D eigenvalue weighted by Gasteiger charge is 2.58. The molecule has 2 bridgehead atoms.